The molecule has 0 aliphatic heterocycles. The molecule has 1 aromatic carbocycles. The number of ether oxygens (including phenoxy) is 2. The van der Waals surface area contributed by atoms with E-state index in [0.29, 0.717) is 6.61 Å². The van der Waals surface area contributed by atoms with Gasteiger partial charge >= 0.3 is 0 Å². The Morgan fingerprint density at radius 2 is 1.90 bits per heavy atom. The summed E-state index contributed by atoms with van der Waals surface area (Å²) in [5, 5.41) is 0. The van der Waals surface area contributed by atoms with E-state index in [1.807, 2.05) is 19.1 Å². The zero-order valence-corrected chi connectivity index (χ0v) is 12.7. The highest BCUT2D eigenvalue weighted by Gasteiger charge is 2.23. The quantitative estimate of drug-likeness (QED) is 0.752. The third-order valence-electron chi connectivity index (χ3n) is 3.48. The Morgan fingerprint density at radius 3 is 2.45 bits per heavy atom. The van der Waals surface area contributed by atoms with E-state index in [2.05, 4.69) is 44.2 Å². The van der Waals surface area contributed by atoms with Gasteiger partial charge in [-0.15, -0.1) is 0 Å². The van der Waals surface area contributed by atoms with Crippen LogP contribution in [0.2, 0.25) is 0 Å². The molecule has 0 bridgehead atoms. The minimum Gasteiger partial charge on any atom is -0.494 e. The minimum atomic E-state index is -0.148. The molecule has 0 heterocycles. The van der Waals surface area contributed by atoms with Gasteiger partial charge in [-0.2, -0.15) is 0 Å². The van der Waals surface area contributed by atoms with Gasteiger partial charge in [0.2, 0.25) is 0 Å². The number of benzene rings is 1. The van der Waals surface area contributed by atoms with Crippen molar-refractivity contribution in [1.29, 1.82) is 0 Å². The molecule has 0 aromatic heterocycles. The van der Waals surface area contributed by atoms with E-state index >= 15 is 0 Å². The Labute approximate surface area is 122 Å². The van der Waals surface area contributed by atoms with Crippen molar-refractivity contribution in [2.24, 2.45) is 0 Å². The van der Waals surface area contributed by atoms with Gasteiger partial charge in [-0.25, -0.2) is 0 Å². The fourth-order valence-corrected chi connectivity index (χ4v) is 2.28. The van der Waals surface area contributed by atoms with Gasteiger partial charge in [0.05, 0.1) is 12.2 Å². The molecule has 1 unspecified atom stereocenters. The first kappa shape index (κ1) is 14.9. The summed E-state index contributed by atoms with van der Waals surface area (Å²) in [5.41, 5.74) is 2.33. The lowest BCUT2D eigenvalue weighted by molar-refractivity contribution is 0.00762. The van der Waals surface area contributed by atoms with Crippen molar-refractivity contribution in [1.82, 2.24) is 0 Å². The van der Waals surface area contributed by atoms with Gasteiger partial charge in [0.15, 0.2) is 0 Å². The van der Waals surface area contributed by atoms with Crippen molar-refractivity contribution < 1.29 is 9.47 Å². The molecule has 20 heavy (non-hydrogen) atoms. The van der Waals surface area contributed by atoms with E-state index in [-0.39, 0.29) is 5.60 Å². The van der Waals surface area contributed by atoms with Crippen LogP contribution in [-0.4, -0.2) is 18.8 Å². The van der Waals surface area contributed by atoms with Crippen molar-refractivity contribution >= 4 is 5.57 Å². The second-order valence-electron chi connectivity index (χ2n) is 5.32. The van der Waals surface area contributed by atoms with E-state index in [9.17, 15) is 0 Å². The molecule has 108 valence electrons. The van der Waals surface area contributed by atoms with Gasteiger partial charge in [-0.1, -0.05) is 37.3 Å². The lowest BCUT2D eigenvalue weighted by atomic mass is 9.91. The predicted molar refractivity (Wildman–Crippen MR) is 84.0 cm³/mol. The molecule has 2 rings (SSSR count). The summed E-state index contributed by atoms with van der Waals surface area (Å²) in [6.45, 7) is 7.79. The van der Waals surface area contributed by atoms with Crippen LogP contribution < -0.4 is 4.74 Å². The smallest absolute Gasteiger partial charge is 0.119 e. The summed E-state index contributed by atoms with van der Waals surface area (Å²) in [6, 6.07) is 8.26. The van der Waals surface area contributed by atoms with Crippen LogP contribution in [0.25, 0.3) is 5.57 Å². The molecule has 0 fully saturated rings. The fraction of sp³-hybridized carbons (Fsp3) is 0.444. The third-order valence-corrected chi connectivity index (χ3v) is 3.48. The predicted octanol–water partition coefficient (Wildman–Crippen LogP) is 4.61. The summed E-state index contributed by atoms with van der Waals surface area (Å²) in [7, 11) is 0. The fourth-order valence-electron chi connectivity index (χ4n) is 2.28. The largest absolute Gasteiger partial charge is 0.494 e. The zero-order chi connectivity index (χ0) is 14.4. The highest BCUT2D eigenvalue weighted by atomic mass is 16.5. The van der Waals surface area contributed by atoms with Gasteiger partial charge in [-0.05, 0) is 50.0 Å². The molecule has 0 amide bonds. The van der Waals surface area contributed by atoms with Gasteiger partial charge in [-0.3, -0.25) is 0 Å². The van der Waals surface area contributed by atoms with Crippen molar-refractivity contribution in [2.45, 2.75) is 39.2 Å². The highest BCUT2D eigenvalue weighted by molar-refractivity contribution is 5.75. The average Bonchev–Trinajstić information content (AvgIpc) is 2.47. The van der Waals surface area contributed by atoms with Crippen LogP contribution in [0.3, 0.4) is 0 Å². The molecule has 2 heteroatoms. The topological polar surface area (TPSA) is 18.5 Å². The molecule has 0 saturated heterocycles. The maximum atomic E-state index is 5.90. The Bertz CT molecular complexity index is 485. The van der Waals surface area contributed by atoms with Crippen molar-refractivity contribution in [2.75, 3.05) is 13.2 Å². The maximum absolute atomic E-state index is 5.90. The van der Waals surface area contributed by atoms with Gasteiger partial charge < -0.3 is 9.47 Å². The molecule has 0 saturated carbocycles. The second kappa shape index (κ2) is 6.76. The number of rotatable bonds is 6. The minimum absolute atomic E-state index is 0.148. The Kier molecular flexibility index (Phi) is 5.02. The Hall–Kier alpha value is -1.54. The van der Waals surface area contributed by atoms with Crippen LogP contribution in [0.15, 0.2) is 42.5 Å². The van der Waals surface area contributed by atoms with Crippen LogP contribution in [-0.2, 0) is 4.74 Å². The van der Waals surface area contributed by atoms with Crippen LogP contribution in [0.1, 0.15) is 39.2 Å². The van der Waals surface area contributed by atoms with E-state index in [4.69, 9.17) is 9.47 Å². The van der Waals surface area contributed by atoms with Crippen molar-refractivity contribution in [3.05, 3.63) is 48.1 Å². The van der Waals surface area contributed by atoms with Crippen molar-refractivity contribution in [3.63, 3.8) is 0 Å². The average molecular weight is 272 g/mol. The SMILES string of the molecule is CCCOC1(C)C=CC(c2ccc(OCC)cc2)=CC1. The van der Waals surface area contributed by atoms with Crippen LogP contribution in [0.4, 0.5) is 0 Å². The normalized spacial score (nSPS) is 21.6. The summed E-state index contributed by atoms with van der Waals surface area (Å²) in [6.07, 6.45) is 8.57. The zero-order valence-electron chi connectivity index (χ0n) is 12.7. The first-order valence-corrected chi connectivity index (χ1v) is 7.43. The lowest BCUT2D eigenvalue weighted by Crippen LogP contribution is -2.27. The van der Waals surface area contributed by atoms with E-state index < -0.39 is 0 Å². The maximum Gasteiger partial charge on any atom is 0.119 e. The first-order valence-electron chi connectivity index (χ1n) is 7.43. The van der Waals surface area contributed by atoms with Crippen molar-refractivity contribution in [3.8, 4) is 5.75 Å². The Morgan fingerprint density at radius 1 is 1.15 bits per heavy atom. The molecule has 1 aliphatic rings. The number of allylic oxidation sites excluding steroid dienone is 2. The summed E-state index contributed by atoms with van der Waals surface area (Å²) >= 11 is 0. The van der Waals surface area contributed by atoms with E-state index in [0.717, 1.165) is 25.2 Å². The molecule has 2 nitrogen and oxygen atoms in total. The van der Waals surface area contributed by atoms with E-state index in [1.54, 1.807) is 0 Å². The van der Waals surface area contributed by atoms with Crippen LogP contribution >= 0.6 is 0 Å². The summed E-state index contributed by atoms with van der Waals surface area (Å²) in [5.74, 6) is 0.924. The van der Waals surface area contributed by atoms with Gasteiger partial charge in [0, 0.05) is 6.61 Å². The number of hydrogen-bond donors (Lipinski definition) is 0. The molecule has 0 spiro atoms. The van der Waals surface area contributed by atoms with Gasteiger partial charge in [0.1, 0.15) is 5.75 Å². The molecule has 0 N–H and O–H groups in total. The molecular weight excluding hydrogens is 248 g/mol. The first-order chi connectivity index (χ1) is 9.67. The number of hydrogen-bond acceptors (Lipinski definition) is 2. The molecule has 1 aromatic rings. The molecular formula is C18H24O2. The molecule has 1 atom stereocenters. The second-order valence-corrected chi connectivity index (χ2v) is 5.32. The van der Waals surface area contributed by atoms with Gasteiger partial charge in [0.25, 0.3) is 0 Å². The van der Waals surface area contributed by atoms with E-state index in [1.165, 1.54) is 11.1 Å². The molecule has 1 aliphatic carbocycles. The summed E-state index contributed by atoms with van der Waals surface area (Å²) in [4.78, 5) is 0. The Balaban J connectivity index is 2.03. The highest BCUT2D eigenvalue weighted by Crippen LogP contribution is 2.30. The van der Waals surface area contributed by atoms with Crippen LogP contribution in [0, 0.1) is 0 Å². The van der Waals surface area contributed by atoms with Crippen LogP contribution in [0.5, 0.6) is 5.75 Å². The standard InChI is InChI=1S/C18H24O2/c1-4-14-20-18(3)12-10-16(11-13-18)15-6-8-17(9-7-15)19-5-2/h6-12H,4-5,13-14H2,1-3H3. The third kappa shape index (κ3) is 3.73. The lowest BCUT2D eigenvalue weighted by Gasteiger charge is -2.28. The summed E-state index contributed by atoms with van der Waals surface area (Å²) < 4.78 is 11.4. The molecule has 0 radical (unpaired) electrons. The monoisotopic (exact) mass is 272 g/mol.